The lowest BCUT2D eigenvalue weighted by atomic mass is 10.5. The highest BCUT2D eigenvalue weighted by atomic mass is 16.4. The van der Waals surface area contributed by atoms with Gasteiger partial charge in [0.05, 0.1) is 6.54 Å². The highest BCUT2D eigenvalue weighted by Crippen LogP contribution is 1.94. The molecule has 0 saturated heterocycles. The van der Waals surface area contributed by atoms with E-state index in [4.69, 9.17) is 5.11 Å². The third-order valence-electron chi connectivity index (χ3n) is 1.69. The molecule has 0 aromatic carbocycles. The van der Waals surface area contributed by atoms with Gasteiger partial charge in [-0.2, -0.15) is 5.10 Å². The number of hydrogen-bond donors (Lipinski definition) is 2. The molecule has 6 heteroatoms. The number of nitrogens with one attached hydrogen (secondary N) is 1. The molecule has 0 atom stereocenters. The summed E-state index contributed by atoms with van der Waals surface area (Å²) in [6.07, 6.45) is 2.72. The molecule has 0 unspecified atom stereocenters. The van der Waals surface area contributed by atoms with Crippen LogP contribution in [0.3, 0.4) is 0 Å². The van der Waals surface area contributed by atoms with Crippen molar-refractivity contribution in [2.45, 2.75) is 6.54 Å². The molecule has 1 aromatic rings. The number of aromatic nitrogens is 2. The van der Waals surface area contributed by atoms with Crippen molar-refractivity contribution in [3.05, 3.63) is 30.6 Å². The van der Waals surface area contributed by atoms with Crippen molar-refractivity contribution in [2.24, 2.45) is 0 Å². The zero-order valence-electron chi connectivity index (χ0n) is 8.01. The van der Waals surface area contributed by atoms with E-state index in [1.807, 2.05) is 0 Å². The monoisotopic (exact) mass is 209 g/mol. The molecule has 15 heavy (non-hydrogen) atoms. The van der Waals surface area contributed by atoms with Gasteiger partial charge in [0.2, 0.25) is 5.91 Å². The molecule has 2 N–H and O–H groups in total. The number of nitrogens with zero attached hydrogens (tertiary/aromatic N) is 2. The van der Waals surface area contributed by atoms with Gasteiger partial charge >= 0.3 is 5.97 Å². The van der Waals surface area contributed by atoms with E-state index < -0.39 is 5.97 Å². The van der Waals surface area contributed by atoms with Gasteiger partial charge in [-0.15, -0.1) is 0 Å². The Morgan fingerprint density at radius 1 is 1.67 bits per heavy atom. The fourth-order valence-electron chi connectivity index (χ4n) is 0.966. The standard InChI is InChI=1S/C9H11N3O3/c1-2-8(13)10-4-6-12-5-3-7(11-12)9(14)15/h2-3,5H,1,4,6H2,(H,10,13)(H,14,15). The van der Waals surface area contributed by atoms with Gasteiger partial charge in [-0.25, -0.2) is 4.79 Å². The average Bonchev–Trinajstić information content (AvgIpc) is 2.66. The van der Waals surface area contributed by atoms with Gasteiger partial charge in [-0.05, 0) is 12.1 Å². The SMILES string of the molecule is C=CC(=O)NCCn1ccc(C(=O)O)n1. The zero-order chi connectivity index (χ0) is 11.3. The van der Waals surface area contributed by atoms with Gasteiger partial charge in [-0.3, -0.25) is 9.48 Å². The first-order valence-corrected chi connectivity index (χ1v) is 4.30. The van der Waals surface area contributed by atoms with Gasteiger partial charge < -0.3 is 10.4 Å². The summed E-state index contributed by atoms with van der Waals surface area (Å²) in [7, 11) is 0. The Labute approximate surface area is 86.2 Å². The van der Waals surface area contributed by atoms with Crippen LogP contribution in [0.4, 0.5) is 0 Å². The number of carbonyl (C=O) groups is 2. The van der Waals surface area contributed by atoms with Crippen LogP contribution in [0.15, 0.2) is 24.9 Å². The smallest absolute Gasteiger partial charge is 0.356 e. The van der Waals surface area contributed by atoms with E-state index in [1.165, 1.54) is 16.8 Å². The molecule has 0 spiro atoms. The van der Waals surface area contributed by atoms with Crippen molar-refractivity contribution in [2.75, 3.05) is 6.54 Å². The van der Waals surface area contributed by atoms with Crippen LogP contribution in [-0.2, 0) is 11.3 Å². The second kappa shape index (κ2) is 4.94. The summed E-state index contributed by atoms with van der Waals surface area (Å²) < 4.78 is 1.45. The van der Waals surface area contributed by atoms with Crippen LogP contribution in [0.25, 0.3) is 0 Å². The van der Waals surface area contributed by atoms with Crippen molar-refractivity contribution < 1.29 is 14.7 Å². The molecular formula is C9H11N3O3. The van der Waals surface area contributed by atoms with Crippen molar-refractivity contribution in [1.82, 2.24) is 15.1 Å². The van der Waals surface area contributed by atoms with Gasteiger partial charge in [0.1, 0.15) is 0 Å². The molecule has 0 radical (unpaired) electrons. The molecule has 1 heterocycles. The van der Waals surface area contributed by atoms with E-state index in [2.05, 4.69) is 17.0 Å². The van der Waals surface area contributed by atoms with E-state index >= 15 is 0 Å². The fraction of sp³-hybridized carbons (Fsp3) is 0.222. The zero-order valence-corrected chi connectivity index (χ0v) is 8.01. The Morgan fingerprint density at radius 2 is 2.40 bits per heavy atom. The summed E-state index contributed by atoms with van der Waals surface area (Å²) in [6, 6.07) is 1.40. The maximum Gasteiger partial charge on any atom is 0.356 e. The minimum atomic E-state index is -1.07. The predicted octanol–water partition coefficient (Wildman–Crippen LogP) is -0.117. The van der Waals surface area contributed by atoms with Crippen LogP contribution < -0.4 is 5.32 Å². The second-order valence-corrected chi connectivity index (χ2v) is 2.76. The Hall–Kier alpha value is -2.11. The fourth-order valence-corrected chi connectivity index (χ4v) is 0.966. The summed E-state index contributed by atoms with van der Waals surface area (Å²) in [5, 5.41) is 14.9. The Bertz CT molecular complexity index is 384. The Morgan fingerprint density at radius 3 is 2.93 bits per heavy atom. The van der Waals surface area contributed by atoms with Gasteiger partial charge in [0.15, 0.2) is 5.69 Å². The largest absolute Gasteiger partial charge is 0.476 e. The minimum Gasteiger partial charge on any atom is -0.476 e. The van der Waals surface area contributed by atoms with Crippen LogP contribution in [-0.4, -0.2) is 33.3 Å². The summed E-state index contributed by atoms with van der Waals surface area (Å²) in [5.41, 5.74) is -0.00922. The number of carboxylic acid groups (broad SMARTS) is 1. The molecule has 0 fully saturated rings. The molecule has 6 nitrogen and oxygen atoms in total. The Kier molecular flexibility index (Phi) is 3.61. The van der Waals surface area contributed by atoms with E-state index in [0.717, 1.165) is 0 Å². The van der Waals surface area contributed by atoms with Crippen molar-refractivity contribution >= 4 is 11.9 Å². The molecule has 1 rings (SSSR count). The maximum absolute atomic E-state index is 10.8. The second-order valence-electron chi connectivity index (χ2n) is 2.76. The first-order chi connectivity index (χ1) is 7.13. The summed E-state index contributed by atoms with van der Waals surface area (Å²) in [6.45, 7) is 4.11. The lowest BCUT2D eigenvalue weighted by Crippen LogP contribution is -2.25. The number of rotatable bonds is 5. The van der Waals surface area contributed by atoms with Crippen molar-refractivity contribution in [3.63, 3.8) is 0 Å². The molecule has 1 aromatic heterocycles. The molecule has 0 saturated carbocycles. The summed E-state index contributed by atoms with van der Waals surface area (Å²) >= 11 is 0. The average molecular weight is 209 g/mol. The normalized spacial score (nSPS) is 9.60. The van der Waals surface area contributed by atoms with E-state index in [-0.39, 0.29) is 11.6 Å². The lowest BCUT2D eigenvalue weighted by Gasteiger charge is -2.01. The third-order valence-corrected chi connectivity index (χ3v) is 1.69. The molecule has 80 valence electrons. The van der Waals surface area contributed by atoms with E-state index in [1.54, 1.807) is 6.20 Å². The maximum atomic E-state index is 10.8. The molecule has 1 amide bonds. The topological polar surface area (TPSA) is 84.2 Å². The first-order valence-electron chi connectivity index (χ1n) is 4.30. The quantitative estimate of drug-likeness (QED) is 0.662. The number of hydrogen-bond acceptors (Lipinski definition) is 3. The Balaban J connectivity index is 2.41. The van der Waals surface area contributed by atoms with Gasteiger partial charge in [0.25, 0.3) is 0 Å². The van der Waals surface area contributed by atoms with E-state index in [0.29, 0.717) is 13.1 Å². The van der Waals surface area contributed by atoms with Gasteiger partial charge in [-0.1, -0.05) is 6.58 Å². The van der Waals surface area contributed by atoms with Crippen molar-refractivity contribution in [1.29, 1.82) is 0 Å². The van der Waals surface area contributed by atoms with Gasteiger partial charge in [0, 0.05) is 12.7 Å². The van der Waals surface area contributed by atoms with Crippen LogP contribution in [0.1, 0.15) is 10.5 Å². The third kappa shape index (κ3) is 3.26. The van der Waals surface area contributed by atoms with Crippen LogP contribution in [0.5, 0.6) is 0 Å². The predicted molar refractivity (Wildman–Crippen MR) is 52.4 cm³/mol. The highest BCUT2D eigenvalue weighted by Gasteiger charge is 2.05. The number of carbonyl (C=O) groups excluding carboxylic acids is 1. The summed E-state index contributed by atoms with van der Waals surface area (Å²) in [5.74, 6) is -1.33. The van der Waals surface area contributed by atoms with Crippen LogP contribution >= 0.6 is 0 Å². The van der Waals surface area contributed by atoms with E-state index in [9.17, 15) is 9.59 Å². The molecule has 0 aliphatic heterocycles. The minimum absolute atomic E-state index is 0.00922. The lowest BCUT2D eigenvalue weighted by molar-refractivity contribution is -0.116. The number of amides is 1. The first kappa shape index (κ1) is 11.0. The number of carboxylic acids is 1. The molecule has 0 aliphatic rings. The van der Waals surface area contributed by atoms with Crippen LogP contribution in [0.2, 0.25) is 0 Å². The summed E-state index contributed by atoms with van der Waals surface area (Å²) in [4.78, 5) is 21.2. The molecule has 0 aliphatic carbocycles. The van der Waals surface area contributed by atoms with Crippen molar-refractivity contribution in [3.8, 4) is 0 Å². The number of aromatic carboxylic acids is 1. The van der Waals surface area contributed by atoms with Crippen LogP contribution in [0, 0.1) is 0 Å². The molecule has 0 bridgehead atoms. The molecular weight excluding hydrogens is 198 g/mol. The highest BCUT2D eigenvalue weighted by molar-refractivity contribution is 5.86.